The number of ether oxygens (including phenoxy) is 1. The molecule has 1 N–H and O–H groups in total. The van der Waals surface area contributed by atoms with E-state index in [9.17, 15) is 0 Å². The zero-order valence-corrected chi connectivity index (χ0v) is 13.2. The zero-order valence-electron chi connectivity index (χ0n) is 13.2. The molecule has 0 bridgehead atoms. The van der Waals surface area contributed by atoms with Gasteiger partial charge in [0.2, 0.25) is 5.88 Å². The Bertz CT molecular complexity index is 461. The molecule has 1 saturated heterocycles. The Hall–Kier alpha value is -1.13. The van der Waals surface area contributed by atoms with Crippen LogP contribution in [-0.2, 0) is 0 Å². The molecule has 4 heteroatoms. The highest BCUT2D eigenvalue weighted by Crippen LogP contribution is 2.34. The van der Waals surface area contributed by atoms with Crippen LogP contribution in [0.25, 0.3) is 0 Å². The van der Waals surface area contributed by atoms with Gasteiger partial charge in [-0.1, -0.05) is 12.5 Å². The van der Waals surface area contributed by atoms with E-state index in [-0.39, 0.29) is 0 Å². The van der Waals surface area contributed by atoms with E-state index in [0.717, 1.165) is 30.7 Å². The summed E-state index contributed by atoms with van der Waals surface area (Å²) >= 11 is 0. The number of likely N-dealkylation sites (tertiary alicyclic amines) is 1. The smallest absolute Gasteiger partial charge is 0.213 e. The molecule has 0 radical (unpaired) electrons. The van der Waals surface area contributed by atoms with Gasteiger partial charge in [-0.05, 0) is 51.3 Å². The van der Waals surface area contributed by atoms with Crippen LogP contribution >= 0.6 is 0 Å². The highest BCUT2D eigenvalue weighted by molar-refractivity contribution is 5.19. The fraction of sp³-hybridized carbons (Fsp3) is 0.706. The largest absolute Gasteiger partial charge is 0.481 e. The Morgan fingerprint density at radius 2 is 2.14 bits per heavy atom. The number of nitrogens with one attached hydrogen (secondary N) is 1. The zero-order chi connectivity index (χ0) is 14.7. The van der Waals surface area contributed by atoms with E-state index in [0.29, 0.717) is 12.0 Å². The molecule has 1 saturated carbocycles. The lowest BCUT2D eigenvalue weighted by atomic mass is 9.92. The third-order valence-corrected chi connectivity index (χ3v) is 4.76. The van der Waals surface area contributed by atoms with E-state index >= 15 is 0 Å². The van der Waals surface area contributed by atoms with Gasteiger partial charge in [0.1, 0.15) is 0 Å². The summed E-state index contributed by atoms with van der Waals surface area (Å²) in [6.45, 7) is 2.27. The summed E-state index contributed by atoms with van der Waals surface area (Å²) in [5.74, 6) is 1.36. The Morgan fingerprint density at radius 3 is 2.90 bits per heavy atom. The number of hydrogen-bond acceptors (Lipinski definition) is 4. The average molecular weight is 289 g/mol. The number of methoxy groups -OCH3 is 1. The summed E-state index contributed by atoms with van der Waals surface area (Å²) < 4.78 is 5.31. The lowest BCUT2D eigenvalue weighted by molar-refractivity contribution is 0.183. The molecule has 2 fully saturated rings. The van der Waals surface area contributed by atoms with E-state index < -0.39 is 0 Å². The number of rotatable bonds is 5. The highest BCUT2D eigenvalue weighted by Gasteiger charge is 2.31. The van der Waals surface area contributed by atoms with Crippen LogP contribution in [0.15, 0.2) is 18.2 Å². The minimum atomic E-state index is 0.397. The first-order valence-electron chi connectivity index (χ1n) is 8.22. The molecular formula is C17H27N3O. The molecule has 0 amide bonds. The maximum Gasteiger partial charge on any atom is 0.213 e. The van der Waals surface area contributed by atoms with Gasteiger partial charge in [0.05, 0.1) is 18.8 Å². The summed E-state index contributed by atoms with van der Waals surface area (Å²) in [6.07, 6.45) is 6.60. The monoisotopic (exact) mass is 289 g/mol. The Labute approximate surface area is 127 Å². The van der Waals surface area contributed by atoms with Gasteiger partial charge in [-0.15, -0.1) is 0 Å². The van der Waals surface area contributed by atoms with Crippen LogP contribution in [0.3, 0.4) is 0 Å². The molecule has 2 atom stereocenters. The number of aromatic nitrogens is 1. The standard InChI is InChI=1S/C17H27N3O/c1-20-11-4-3-6-13(12-18-14-9-10-14)17(20)15-7-5-8-16(19-15)21-2/h5,7-8,13-14,17-18H,3-4,6,9-12H2,1-2H3. The molecule has 3 rings (SSSR count). The van der Waals surface area contributed by atoms with Crippen LogP contribution in [0, 0.1) is 5.92 Å². The molecule has 1 aromatic rings. The fourth-order valence-corrected chi connectivity index (χ4v) is 3.42. The van der Waals surface area contributed by atoms with E-state index in [2.05, 4.69) is 29.4 Å². The van der Waals surface area contributed by atoms with Gasteiger partial charge in [0.25, 0.3) is 0 Å². The van der Waals surface area contributed by atoms with Gasteiger partial charge in [0.15, 0.2) is 0 Å². The van der Waals surface area contributed by atoms with Gasteiger partial charge in [-0.3, -0.25) is 4.90 Å². The first-order chi connectivity index (χ1) is 10.3. The summed E-state index contributed by atoms with van der Waals surface area (Å²) in [5, 5.41) is 3.72. The summed E-state index contributed by atoms with van der Waals surface area (Å²) in [4.78, 5) is 7.19. The van der Waals surface area contributed by atoms with Crippen molar-refractivity contribution in [2.75, 3.05) is 27.2 Å². The van der Waals surface area contributed by atoms with Crippen LogP contribution in [0.4, 0.5) is 0 Å². The van der Waals surface area contributed by atoms with Crippen molar-refractivity contribution in [1.82, 2.24) is 15.2 Å². The van der Waals surface area contributed by atoms with Crippen LogP contribution in [0.2, 0.25) is 0 Å². The fourth-order valence-electron chi connectivity index (χ4n) is 3.42. The van der Waals surface area contributed by atoms with Crippen LogP contribution in [0.1, 0.15) is 43.8 Å². The average Bonchev–Trinajstić information content (AvgIpc) is 3.33. The molecule has 2 unspecified atom stereocenters. The first kappa shape index (κ1) is 14.8. The van der Waals surface area contributed by atoms with Crippen molar-refractivity contribution >= 4 is 0 Å². The van der Waals surface area contributed by atoms with E-state index in [1.807, 2.05) is 6.07 Å². The maximum atomic E-state index is 5.31. The van der Waals surface area contributed by atoms with Crippen LogP contribution in [-0.4, -0.2) is 43.2 Å². The van der Waals surface area contributed by atoms with Crippen molar-refractivity contribution < 1.29 is 4.74 Å². The van der Waals surface area contributed by atoms with Crippen molar-refractivity contribution in [2.24, 2.45) is 5.92 Å². The predicted octanol–water partition coefficient (Wildman–Crippen LogP) is 2.62. The quantitative estimate of drug-likeness (QED) is 0.904. The molecule has 0 aromatic carbocycles. The summed E-state index contributed by atoms with van der Waals surface area (Å²) in [5.41, 5.74) is 1.15. The van der Waals surface area contributed by atoms with Crippen LogP contribution < -0.4 is 10.1 Å². The Balaban J connectivity index is 1.79. The second-order valence-corrected chi connectivity index (χ2v) is 6.47. The Morgan fingerprint density at radius 1 is 1.29 bits per heavy atom. The lowest BCUT2D eigenvalue weighted by Gasteiger charge is -2.32. The number of hydrogen-bond donors (Lipinski definition) is 1. The summed E-state index contributed by atoms with van der Waals surface area (Å²) in [6, 6.07) is 7.31. The molecular weight excluding hydrogens is 262 g/mol. The van der Waals surface area contributed by atoms with Crippen molar-refractivity contribution in [3.05, 3.63) is 23.9 Å². The van der Waals surface area contributed by atoms with E-state index in [1.54, 1.807) is 7.11 Å². The van der Waals surface area contributed by atoms with Crippen molar-refractivity contribution in [2.45, 2.75) is 44.2 Å². The third-order valence-electron chi connectivity index (χ3n) is 4.76. The second kappa shape index (κ2) is 6.75. The topological polar surface area (TPSA) is 37.4 Å². The molecule has 2 aliphatic rings. The number of nitrogens with zero attached hydrogens (tertiary/aromatic N) is 2. The second-order valence-electron chi connectivity index (χ2n) is 6.47. The van der Waals surface area contributed by atoms with Gasteiger partial charge >= 0.3 is 0 Å². The van der Waals surface area contributed by atoms with Gasteiger partial charge < -0.3 is 10.1 Å². The molecule has 4 nitrogen and oxygen atoms in total. The highest BCUT2D eigenvalue weighted by atomic mass is 16.5. The van der Waals surface area contributed by atoms with Crippen molar-refractivity contribution in [3.8, 4) is 5.88 Å². The van der Waals surface area contributed by atoms with Gasteiger partial charge in [0, 0.05) is 18.7 Å². The molecule has 1 aromatic heterocycles. The van der Waals surface area contributed by atoms with Gasteiger partial charge in [-0.2, -0.15) is 0 Å². The molecule has 21 heavy (non-hydrogen) atoms. The molecule has 1 aliphatic carbocycles. The SMILES string of the molecule is COc1cccc(C2C(CNC3CC3)CCCCN2C)n1. The van der Waals surface area contributed by atoms with Crippen molar-refractivity contribution in [3.63, 3.8) is 0 Å². The maximum absolute atomic E-state index is 5.31. The van der Waals surface area contributed by atoms with Crippen LogP contribution in [0.5, 0.6) is 5.88 Å². The van der Waals surface area contributed by atoms with E-state index in [1.165, 1.54) is 32.1 Å². The van der Waals surface area contributed by atoms with E-state index in [4.69, 9.17) is 9.72 Å². The van der Waals surface area contributed by atoms with Gasteiger partial charge in [-0.25, -0.2) is 4.98 Å². The normalized spacial score (nSPS) is 27.3. The number of pyridine rings is 1. The minimum absolute atomic E-state index is 0.397. The summed E-state index contributed by atoms with van der Waals surface area (Å²) in [7, 11) is 3.93. The van der Waals surface area contributed by atoms with Crippen molar-refractivity contribution in [1.29, 1.82) is 0 Å². The lowest BCUT2D eigenvalue weighted by Crippen LogP contribution is -2.36. The Kier molecular flexibility index (Phi) is 4.76. The molecule has 0 spiro atoms. The third kappa shape index (κ3) is 3.74. The first-order valence-corrected chi connectivity index (χ1v) is 8.22. The molecule has 116 valence electrons. The minimum Gasteiger partial charge on any atom is -0.481 e. The molecule has 1 aliphatic heterocycles. The predicted molar refractivity (Wildman–Crippen MR) is 84.5 cm³/mol. The molecule has 2 heterocycles.